The first-order chi connectivity index (χ1) is 13.3. The van der Waals surface area contributed by atoms with Crippen LogP contribution in [0, 0.1) is 11.8 Å². The van der Waals surface area contributed by atoms with Gasteiger partial charge in [0.25, 0.3) is 5.91 Å². The number of nitrogens with two attached hydrogens (primary N) is 1. The SMILES string of the molecule is CC#C[C@H](C)Oc1cc(N)c(Cl)cc1C(=O)N[C@@H]1CC2C[C@@H](OC)C(C1)N2C. The van der Waals surface area contributed by atoms with Crippen LogP contribution in [0.3, 0.4) is 0 Å². The van der Waals surface area contributed by atoms with Crippen molar-refractivity contribution in [2.45, 2.75) is 63.4 Å². The number of nitrogens with zero attached hydrogens (tertiary/aromatic N) is 1. The summed E-state index contributed by atoms with van der Waals surface area (Å²) in [5.41, 5.74) is 6.65. The summed E-state index contributed by atoms with van der Waals surface area (Å²) in [5.74, 6) is 5.90. The zero-order chi connectivity index (χ0) is 20.4. The molecular weight excluding hydrogens is 378 g/mol. The molecule has 2 unspecified atom stereocenters. The van der Waals surface area contributed by atoms with Crippen molar-refractivity contribution in [1.29, 1.82) is 0 Å². The fourth-order valence-electron chi connectivity index (χ4n) is 4.32. The van der Waals surface area contributed by atoms with Crippen LogP contribution in [0.25, 0.3) is 0 Å². The van der Waals surface area contributed by atoms with Gasteiger partial charge in [-0.25, -0.2) is 0 Å². The molecule has 2 saturated heterocycles. The van der Waals surface area contributed by atoms with Crippen LogP contribution in [0.15, 0.2) is 12.1 Å². The molecule has 152 valence electrons. The number of hydrogen-bond acceptors (Lipinski definition) is 5. The molecule has 0 radical (unpaired) electrons. The molecule has 28 heavy (non-hydrogen) atoms. The van der Waals surface area contributed by atoms with Gasteiger partial charge in [0.1, 0.15) is 5.75 Å². The van der Waals surface area contributed by atoms with Crippen LogP contribution in [0.2, 0.25) is 5.02 Å². The first kappa shape index (κ1) is 20.8. The van der Waals surface area contributed by atoms with Gasteiger partial charge in [0.2, 0.25) is 0 Å². The van der Waals surface area contributed by atoms with Crippen molar-refractivity contribution in [3.8, 4) is 17.6 Å². The number of hydrogen-bond donors (Lipinski definition) is 2. The van der Waals surface area contributed by atoms with Gasteiger partial charge in [-0.05, 0) is 46.2 Å². The zero-order valence-corrected chi connectivity index (χ0v) is 17.5. The van der Waals surface area contributed by atoms with Crippen LogP contribution in [0.5, 0.6) is 5.75 Å². The van der Waals surface area contributed by atoms with E-state index >= 15 is 0 Å². The average molecular weight is 406 g/mol. The Morgan fingerprint density at radius 3 is 2.82 bits per heavy atom. The Bertz CT molecular complexity index is 804. The number of ether oxygens (including phenoxy) is 2. The number of likely N-dealkylation sites (N-methyl/N-ethyl adjacent to an activating group) is 1. The van der Waals surface area contributed by atoms with E-state index in [1.54, 1.807) is 26.2 Å². The molecule has 2 aliphatic rings. The highest BCUT2D eigenvalue weighted by Gasteiger charge is 2.45. The molecule has 1 aromatic rings. The molecule has 2 heterocycles. The summed E-state index contributed by atoms with van der Waals surface area (Å²) >= 11 is 6.17. The van der Waals surface area contributed by atoms with E-state index in [1.165, 1.54) is 0 Å². The number of fused-ring (bicyclic) bond motifs is 2. The van der Waals surface area contributed by atoms with E-state index in [-0.39, 0.29) is 24.2 Å². The highest BCUT2D eigenvalue weighted by molar-refractivity contribution is 6.33. The van der Waals surface area contributed by atoms with Crippen molar-refractivity contribution >= 4 is 23.2 Å². The Hall–Kier alpha value is -1.94. The second-order valence-corrected chi connectivity index (χ2v) is 7.97. The quantitative estimate of drug-likeness (QED) is 0.581. The fourth-order valence-corrected chi connectivity index (χ4v) is 4.49. The predicted molar refractivity (Wildman–Crippen MR) is 111 cm³/mol. The lowest BCUT2D eigenvalue weighted by Crippen LogP contribution is -2.50. The number of carbonyl (C=O) groups excluding carboxylic acids is 1. The molecule has 3 rings (SSSR count). The number of amides is 1. The normalized spacial score (nSPS) is 27.6. The number of piperidine rings is 1. The second-order valence-electron chi connectivity index (χ2n) is 7.56. The van der Waals surface area contributed by atoms with E-state index in [9.17, 15) is 4.79 Å². The summed E-state index contributed by atoms with van der Waals surface area (Å²) in [4.78, 5) is 15.4. The summed E-state index contributed by atoms with van der Waals surface area (Å²) in [6.45, 7) is 3.56. The number of nitrogens with one attached hydrogen (secondary N) is 1. The van der Waals surface area contributed by atoms with Gasteiger partial charge < -0.3 is 20.5 Å². The van der Waals surface area contributed by atoms with Gasteiger partial charge in [-0.15, -0.1) is 5.92 Å². The molecule has 0 spiro atoms. The molecule has 0 saturated carbocycles. The van der Waals surface area contributed by atoms with Crippen molar-refractivity contribution in [1.82, 2.24) is 10.2 Å². The molecule has 1 aromatic carbocycles. The van der Waals surface area contributed by atoms with Gasteiger partial charge in [0, 0.05) is 31.3 Å². The third kappa shape index (κ3) is 4.22. The molecular formula is C21H28ClN3O3. The van der Waals surface area contributed by atoms with E-state index in [0.29, 0.717) is 34.1 Å². The van der Waals surface area contributed by atoms with Crippen LogP contribution in [-0.2, 0) is 4.74 Å². The lowest BCUT2D eigenvalue weighted by atomic mass is 9.97. The topological polar surface area (TPSA) is 76.8 Å². The molecule has 6 nitrogen and oxygen atoms in total. The van der Waals surface area contributed by atoms with Gasteiger partial charge in [-0.1, -0.05) is 17.5 Å². The van der Waals surface area contributed by atoms with Crippen molar-refractivity contribution in [3.63, 3.8) is 0 Å². The Morgan fingerprint density at radius 1 is 1.39 bits per heavy atom. The second kappa shape index (κ2) is 8.60. The van der Waals surface area contributed by atoms with Gasteiger partial charge in [0.15, 0.2) is 6.10 Å². The minimum absolute atomic E-state index is 0.0795. The summed E-state index contributed by atoms with van der Waals surface area (Å²) in [7, 11) is 3.89. The highest BCUT2D eigenvalue weighted by atomic mass is 35.5. The number of benzene rings is 1. The van der Waals surface area contributed by atoms with E-state index in [2.05, 4.69) is 29.1 Å². The number of anilines is 1. The Morgan fingerprint density at radius 2 is 2.14 bits per heavy atom. The maximum Gasteiger partial charge on any atom is 0.255 e. The van der Waals surface area contributed by atoms with Crippen LogP contribution < -0.4 is 15.8 Å². The van der Waals surface area contributed by atoms with E-state index in [1.807, 2.05) is 6.92 Å². The van der Waals surface area contributed by atoms with Gasteiger partial charge in [-0.3, -0.25) is 9.69 Å². The van der Waals surface area contributed by atoms with Crippen LogP contribution in [-0.4, -0.2) is 55.3 Å². The summed E-state index contributed by atoms with van der Waals surface area (Å²) < 4.78 is 11.5. The summed E-state index contributed by atoms with van der Waals surface area (Å²) in [5, 5.41) is 3.49. The molecule has 2 aliphatic heterocycles. The van der Waals surface area contributed by atoms with Crippen molar-refractivity contribution < 1.29 is 14.3 Å². The van der Waals surface area contributed by atoms with Crippen molar-refractivity contribution in [2.24, 2.45) is 0 Å². The molecule has 3 N–H and O–H groups in total. The minimum Gasteiger partial charge on any atom is -0.477 e. The van der Waals surface area contributed by atoms with Gasteiger partial charge in [-0.2, -0.15) is 0 Å². The van der Waals surface area contributed by atoms with Crippen molar-refractivity contribution in [2.75, 3.05) is 19.9 Å². The summed E-state index contributed by atoms with van der Waals surface area (Å²) in [6.07, 6.45) is 2.61. The van der Waals surface area contributed by atoms with Crippen LogP contribution in [0.1, 0.15) is 43.5 Å². The molecule has 5 atom stereocenters. The molecule has 1 amide bonds. The Labute approximate surface area is 171 Å². The van der Waals surface area contributed by atoms with E-state index in [0.717, 1.165) is 19.3 Å². The lowest BCUT2D eigenvalue weighted by molar-refractivity contribution is 0.0523. The third-order valence-corrected chi connectivity index (χ3v) is 6.08. The molecule has 7 heteroatoms. The maximum absolute atomic E-state index is 13.0. The minimum atomic E-state index is -0.362. The number of rotatable bonds is 5. The Balaban J connectivity index is 1.77. The predicted octanol–water partition coefficient (Wildman–Crippen LogP) is 2.69. The molecule has 0 aromatic heterocycles. The van der Waals surface area contributed by atoms with Gasteiger partial charge in [0.05, 0.1) is 22.4 Å². The largest absolute Gasteiger partial charge is 0.477 e. The summed E-state index contributed by atoms with van der Waals surface area (Å²) in [6, 6.07) is 3.97. The van der Waals surface area contributed by atoms with Crippen LogP contribution >= 0.6 is 11.6 Å². The first-order valence-electron chi connectivity index (χ1n) is 9.57. The molecule has 2 bridgehead atoms. The fraction of sp³-hybridized carbons (Fsp3) is 0.571. The monoisotopic (exact) mass is 405 g/mol. The first-order valence-corrected chi connectivity index (χ1v) is 9.95. The number of halogens is 1. The lowest BCUT2D eigenvalue weighted by Gasteiger charge is -2.37. The van der Waals surface area contributed by atoms with E-state index < -0.39 is 0 Å². The standard InChI is InChI=1S/C21H28ClN3O3/c1-5-6-12(2)28-19-11-17(23)16(22)10-15(19)21(26)24-13-7-14-9-20(27-4)18(8-13)25(14)3/h10-14,18,20H,7-9,23H2,1-4H3,(H,24,26)/t12-,13+,14?,18?,20+/m0/s1. The third-order valence-electron chi connectivity index (χ3n) is 5.75. The van der Waals surface area contributed by atoms with Gasteiger partial charge >= 0.3 is 0 Å². The van der Waals surface area contributed by atoms with Crippen LogP contribution in [0.4, 0.5) is 5.69 Å². The maximum atomic E-state index is 13.0. The smallest absolute Gasteiger partial charge is 0.255 e. The number of carbonyl (C=O) groups is 1. The van der Waals surface area contributed by atoms with Crippen molar-refractivity contribution in [3.05, 3.63) is 22.7 Å². The highest BCUT2D eigenvalue weighted by Crippen LogP contribution is 2.36. The van der Waals surface area contributed by atoms with E-state index in [4.69, 9.17) is 26.8 Å². The zero-order valence-electron chi connectivity index (χ0n) is 16.8. The average Bonchev–Trinajstić information content (AvgIpc) is 2.82. The molecule has 0 aliphatic carbocycles. The molecule has 2 fully saturated rings. The number of methoxy groups -OCH3 is 1. The Kier molecular flexibility index (Phi) is 6.39. The number of nitrogen functional groups attached to an aromatic ring is 1.